The second-order valence-corrected chi connectivity index (χ2v) is 23.0. The van der Waals surface area contributed by atoms with Gasteiger partial charge in [0.1, 0.15) is 23.6 Å². The number of nitrogens with zero attached hydrogens (tertiary/aromatic N) is 5. The molecule has 1 aliphatic carbocycles. The van der Waals surface area contributed by atoms with Crippen molar-refractivity contribution in [3.63, 3.8) is 0 Å². The van der Waals surface area contributed by atoms with E-state index in [1.165, 1.54) is 12.0 Å². The van der Waals surface area contributed by atoms with Crippen molar-refractivity contribution in [1.29, 1.82) is 0 Å². The van der Waals surface area contributed by atoms with Crippen LogP contribution in [0, 0.1) is 11.8 Å². The number of methoxy groups -OCH3 is 1. The third-order valence-corrected chi connectivity index (χ3v) is 16.3. The third kappa shape index (κ3) is 17.2. The molecule has 1 saturated carbocycles. The fraction of sp³-hybridized carbons (Fsp3) is 0.492. The lowest BCUT2D eigenvalue weighted by Crippen LogP contribution is -2.59. The Balaban J connectivity index is 1.30. The van der Waals surface area contributed by atoms with E-state index in [2.05, 4.69) is 41.9 Å². The molecule has 0 radical (unpaired) electrons. The second-order valence-electron chi connectivity index (χ2n) is 22.1. The van der Waals surface area contributed by atoms with Gasteiger partial charge in [-0.15, -0.1) is 0 Å². The Morgan fingerprint density at radius 2 is 1.51 bits per heavy atom. The van der Waals surface area contributed by atoms with Crippen LogP contribution < -0.4 is 20.7 Å². The molecule has 3 aliphatic rings. The Hall–Kier alpha value is -6.10. The van der Waals surface area contributed by atoms with Crippen LogP contribution in [-0.2, 0) is 48.1 Å². The van der Waals surface area contributed by atoms with E-state index < -0.39 is 41.8 Å². The van der Waals surface area contributed by atoms with Gasteiger partial charge in [-0.3, -0.25) is 29.0 Å². The molecule has 1 saturated heterocycles. The summed E-state index contributed by atoms with van der Waals surface area (Å²) in [5, 5.41) is 10.6. The number of aliphatic imine (C=N–C) groups is 1. The van der Waals surface area contributed by atoms with Crippen LogP contribution in [-0.4, -0.2) is 147 Å². The molecule has 4 aromatic rings. The first-order chi connectivity index (χ1) is 38.5. The highest BCUT2D eigenvalue weighted by Crippen LogP contribution is 2.34. The minimum absolute atomic E-state index is 0.0500. The molecule has 7 rings (SSSR count). The number of rotatable bonds is 18. The Bertz CT molecular complexity index is 2780. The molecule has 0 spiro atoms. The Kier molecular flexibility index (Phi) is 23.1. The zero-order chi connectivity index (χ0) is 57.3. The van der Waals surface area contributed by atoms with Crippen LogP contribution in [0.1, 0.15) is 100 Å². The van der Waals surface area contributed by atoms with Gasteiger partial charge < -0.3 is 45.0 Å². The van der Waals surface area contributed by atoms with Crippen LogP contribution in [0.25, 0.3) is 5.57 Å². The molecule has 3 N–H and O–H groups in total. The number of carbonyl (C=O) groups is 5. The third-order valence-electron chi connectivity index (χ3n) is 15.8. The van der Waals surface area contributed by atoms with Crippen molar-refractivity contribution in [2.24, 2.45) is 16.8 Å². The van der Waals surface area contributed by atoms with Crippen LogP contribution >= 0.6 is 23.2 Å². The highest BCUT2D eigenvalue weighted by Gasteiger charge is 2.40. The molecule has 0 aromatic heterocycles. The molecule has 2 heterocycles. The summed E-state index contributed by atoms with van der Waals surface area (Å²) in [6.45, 7) is 5.97. The van der Waals surface area contributed by atoms with Crippen LogP contribution in [0.2, 0.25) is 10.0 Å². The van der Waals surface area contributed by atoms with Crippen molar-refractivity contribution in [3.8, 4) is 11.5 Å². The van der Waals surface area contributed by atoms with Crippen molar-refractivity contribution in [1.82, 2.24) is 35.6 Å². The lowest BCUT2D eigenvalue weighted by atomic mass is 9.87. The van der Waals surface area contributed by atoms with Crippen LogP contribution in [0.5, 0.6) is 11.5 Å². The molecule has 7 atom stereocenters. The van der Waals surface area contributed by atoms with Gasteiger partial charge >= 0.3 is 0 Å². The highest BCUT2D eigenvalue weighted by molar-refractivity contribution is 6.31. The normalized spacial score (nSPS) is 23.1. The van der Waals surface area contributed by atoms with Gasteiger partial charge in [0, 0.05) is 80.2 Å². The number of benzene rings is 4. The molecule has 0 bridgehead atoms. The first kappa shape index (κ1) is 61.5. The Morgan fingerprint density at radius 1 is 0.800 bits per heavy atom. The van der Waals surface area contributed by atoms with Gasteiger partial charge in [0.2, 0.25) is 29.5 Å². The Morgan fingerprint density at radius 3 is 2.23 bits per heavy atom. The summed E-state index contributed by atoms with van der Waals surface area (Å²) in [4.78, 5) is 87.5. The van der Waals surface area contributed by atoms with E-state index in [1.54, 1.807) is 54.2 Å². The van der Waals surface area contributed by atoms with E-state index in [0.29, 0.717) is 71.8 Å². The number of likely N-dealkylation sites (N-methyl/N-ethyl adjacent to an activating group) is 2. The fourth-order valence-electron chi connectivity index (χ4n) is 11.3. The topological polar surface area (TPSA) is 165 Å². The molecule has 430 valence electrons. The molecule has 15 nitrogen and oxygen atoms in total. The van der Waals surface area contributed by atoms with Gasteiger partial charge in [-0.1, -0.05) is 111 Å². The number of amides is 5. The summed E-state index contributed by atoms with van der Waals surface area (Å²) in [5.41, 5.74) is 5.63. The van der Waals surface area contributed by atoms with E-state index in [4.69, 9.17) is 37.7 Å². The molecule has 17 heteroatoms. The number of ether oxygens (including phenoxy) is 2. The maximum Gasteiger partial charge on any atom is 0.247 e. The average molecular weight is 1130 g/mol. The largest absolute Gasteiger partial charge is 0.457 e. The van der Waals surface area contributed by atoms with Crippen LogP contribution in [0.3, 0.4) is 0 Å². The van der Waals surface area contributed by atoms with Gasteiger partial charge in [0.05, 0.1) is 25.1 Å². The molecular weight excluding hydrogens is 1050 g/mol. The molecule has 1 unspecified atom stereocenters. The van der Waals surface area contributed by atoms with Crippen LogP contribution in [0.4, 0.5) is 0 Å². The predicted molar refractivity (Wildman–Crippen MR) is 318 cm³/mol. The molecule has 80 heavy (non-hydrogen) atoms. The van der Waals surface area contributed by atoms with Gasteiger partial charge in [0.15, 0.2) is 0 Å². The molecular formula is C63H82Cl2N8O7. The van der Waals surface area contributed by atoms with Gasteiger partial charge in [-0.05, 0) is 143 Å². The summed E-state index contributed by atoms with van der Waals surface area (Å²) in [6.07, 6.45) is 7.81. The highest BCUT2D eigenvalue weighted by atomic mass is 35.5. The molecule has 4 aromatic carbocycles. The number of allylic oxidation sites excluding steroid dienone is 1. The first-order valence-corrected chi connectivity index (χ1v) is 29.1. The second kappa shape index (κ2) is 30.1. The van der Waals surface area contributed by atoms with E-state index in [0.717, 1.165) is 60.2 Å². The molecule has 2 fully saturated rings. The number of hydrogen-bond donors (Lipinski definition) is 3. The predicted octanol–water partition coefficient (Wildman–Crippen LogP) is 9.39. The number of hydrogen-bond acceptors (Lipinski definition) is 10. The molecule has 2 aliphatic heterocycles. The summed E-state index contributed by atoms with van der Waals surface area (Å²) in [7, 11) is 8.97. The summed E-state index contributed by atoms with van der Waals surface area (Å²) >= 11 is 13.0. The van der Waals surface area contributed by atoms with Crippen molar-refractivity contribution in [3.05, 3.63) is 136 Å². The summed E-state index contributed by atoms with van der Waals surface area (Å²) < 4.78 is 12.3. The number of nitrogens with one attached hydrogen (secondary N) is 3. The van der Waals surface area contributed by atoms with Crippen molar-refractivity contribution in [2.45, 2.75) is 128 Å². The minimum Gasteiger partial charge on any atom is -0.457 e. The number of halogens is 2. The van der Waals surface area contributed by atoms with Gasteiger partial charge in [-0.25, -0.2) is 0 Å². The van der Waals surface area contributed by atoms with Gasteiger partial charge in [-0.2, -0.15) is 0 Å². The van der Waals surface area contributed by atoms with Crippen molar-refractivity contribution in [2.75, 3.05) is 61.5 Å². The standard InChI is InChI=1S/C63H82Cl2N8O7/c1-8-66-32-14-19-57-61(76)69-55(41-79-7)63(78)71(5)51(34-44-21-27-49(64)28-22-44)37-59(74)68-53-17-12-13-18-56(53)72(6)62(77)48(33-43-15-10-9-11-16-43)35-60(75)73(57)39-47-24-29-50(65)36-58(47)80-52-30-25-45(26-31-52)46-23-20-42(2)54(67-38-46)40-70(3)4/h9-11,15-16,21-22,24-31,36,38,42,48,51,53,55-57,66H,8,12-14,17-20,23,32-35,37,39-41H2,1-7H3,(H,68,74)(H,69,76)/t42?,48-,51+,53+,55+,56+,57+/m1/s1. The zero-order valence-corrected chi connectivity index (χ0v) is 49.2. The lowest BCUT2D eigenvalue weighted by molar-refractivity contribution is -0.148. The summed E-state index contributed by atoms with van der Waals surface area (Å²) in [5.74, 6) is -1.55. The van der Waals surface area contributed by atoms with E-state index >= 15 is 14.4 Å². The quantitative estimate of drug-likeness (QED) is 0.0824. The lowest BCUT2D eigenvalue weighted by Gasteiger charge is -2.40. The smallest absolute Gasteiger partial charge is 0.247 e. The fourth-order valence-corrected chi connectivity index (χ4v) is 11.5. The number of fused-ring (bicyclic) bond motifs is 1. The maximum absolute atomic E-state index is 15.7. The average Bonchev–Trinajstić information content (AvgIpc) is 3.65. The number of carbonyl (C=O) groups excluding carboxylic acids is 5. The minimum atomic E-state index is -1.20. The zero-order valence-electron chi connectivity index (χ0n) is 47.7. The van der Waals surface area contributed by atoms with Crippen LogP contribution in [0.15, 0.2) is 108 Å². The maximum atomic E-state index is 15.7. The van der Waals surface area contributed by atoms with Gasteiger partial charge in [0.25, 0.3) is 0 Å². The van der Waals surface area contributed by atoms with Crippen molar-refractivity contribution >= 4 is 64.0 Å². The van der Waals surface area contributed by atoms with E-state index in [-0.39, 0.29) is 62.7 Å². The summed E-state index contributed by atoms with van der Waals surface area (Å²) in [6, 6.07) is 26.2. The van der Waals surface area contributed by atoms with Crippen molar-refractivity contribution < 1.29 is 33.4 Å². The Labute approximate surface area is 483 Å². The van der Waals surface area contributed by atoms with E-state index in [9.17, 15) is 9.59 Å². The first-order valence-electron chi connectivity index (χ1n) is 28.4. The monoisotopic (exact) mass is 1130 g/mol. The molecule has 5 amide bonds. The SMILES string of the molecule is CCNCCC[C@H]1C(=O)N[C@@H](COC)C(=O)N(C)[C@@H](Cc2ccc(Cl)cc2)CC(=O)N[C@H]2CCCC[C@@H]2N(C)C(=O)[C@H](Cc2ccccc2)CC(=O)N1Cc1ccc(Cl)cc1Oc1ccc(C2=CN=C(CN(C)C)C(C)CC2)cc1. The van der Waals surface area contributed by atoms with E-state index in [1.807, 2.05) is 79.9 Å².